The standard InChI is InChI=1S/C16H25ClN2O/c17-14-7-5-13(6-8-14)16(18)9-11-19(10-2-12-20)15-3-1-4-15/h5-8,15-16,20H,1-4,9-12,18H2. The largest absolute Gasteiger partial charge is 0.396 e. The van der Waals surface area contributed by atoms with Gasteiger partial charge >= 0.3 is 0 Å². The molecule has 0 aromatic heterocycles. The van der Waals surface area contributed by atoms with Crippen LogP contribution in [0.5, 0.6) is 0 Å². The van der Waals surface area contributed by atoms with Gasteiger partial charge in [0.25, 0.3) is 0 Å². The Bertz CT molecular complexity index is 392. The van der Waals surface area contributed by atoms with Gasteiger partial charge in [-0.3, -0.25) is 0 Å². The van der Waals surface area contributed by atoms with E-state index in [1.54, 1.807) is 0 Å². The lowest BCUT2D eigenvalue weighted by Crippen LogP contribution is -2.42. The summed E-state index contributed by atoms with van der Waals surface area (Å²) in [6.07, 6.45) is 5.73. The van der Waals surface area contributed by atoms with Crippen molar-refractivity contribution in [2.75, 3.05) is 19.7 Å². The van der Waals surface area contributed by atoms with Gasteiger partial charge in [-0.15, -0.1) is 0 Å². The van der Waals surface area contributed by atoms with Crippen molar-refractivity contribution in [1.82, 2.24) is 4.90 Å². The highest BCUT2D eigenvalue weighted by Crippen LogP contribution is 2.26. The van der Waals surface area contributed by atoms with Gasteiger partial charge in [-0.1, -0.05) is 30.2 Å². The summed E-state index contributed by atoms with van der Waals surface area (Å²) in [5.41, 5.74) is 7.41. The molecule has 20 heavy (non-hydrogen) atoms. The van der Waals surface area contributed by atoms with Crippen LogP contribution in [0.2, 0.25) is 5.02 Å². The van der Waals surface area contributed by atoms with Gasteiger partial charge in [-0.25, -0.2) is 0 Å². The number of nitrogens with zero attached hydrogens (tertiary/aromatic N) is 1. The van der Waals surface area contributed by atoms with Crippen molar-refractivity contribution in [3.8, 4) is 0 Å². The zero-order valence-electron chi connectivity index (χ0n) is 12.0. The van der Waals surface area contributed by atoms with Crippen molar-refractivity contribution >= 4 is 11.6 Å². The maximum absolute atomic E-state index is 9.01. The van der Waals surface area contributed by atoms with Crippen molar-refractivity contribution < 1.29 is 5.11 Å². The second-order valence-electron chi connectivity index (χ2n) is 5.64. The minimum atomic E-state index is 0.0592. The number of aliphatic hydroxyl groups is 1. The van der Waals surface area contributed by atoms with Crippen LogP contribution in [0.15, 0.2) is 24.3 Å². The van der Waals surface area contributed by atoms with Gasteiger partial charge in [0.15, 0.2) is 0 Å². The average molecular weight is 297 g/mol. The molecule has 1 aromatic carbocycles. The molecule has 0 radical (unpaired) electrons. The maximum Gasteiger partial charge on any atom is 0.0443 e. The Hall–Kier alpha value is -0.610. The summed E-state index contributed by atoms with van der Waals surface area (Å²) >= 11 is 5.90. The van der Waals surface area contributed by atoms with Crippen LogP contribution in [0.3, 0.4) is 0 Å². The number of nitrogens with two attached hydrogens (primary N) is 1. The van der Waals surface area contributed by atoms with Crippen LogP contribution in [0.25, 0.3) is 0 Å². The van der Waals surface area contributed by atoms with Crippen molar-refractivity contribution in [3.05, 3.63) is 34.9 Å². The summed E-state index contributed by atoms with van der Waals surface area (Å²) in [6, 6.07) is 8.57. The molecule has 1 aromatic rings. The SMILES string of the molecule is NC(CCN(CCCO)C1CCC1)c1ccc(Cl)cc1. The number of hydrogen-bond donors (Lipinski definition) is 2. The molecule has 1 fully saturated rings. The fourth-order valence-corrected chi connectivity index (χ4v) is 2.81. The van der Waals surface area contributed by atoms with Crippen LogP contribution in [-0.4, -0.2) is 35.7 Å². The first-order chi connectivity index (χ1) is 9.70. The van der Waals surface area contributed by atoms with E-state index in [-0.39, 0.29) is 12.6 Å². The Labute approximate surface area is 126 Å². The van der Waals surface area contributed by atoms with Crippen molar-refractivity contribution in [3.63, 3.8) is 0 Å². The Balaban J connectivity index is 1.82. The second kappa shape index (κ2) is 7.99. The monoisotopic (exact) mass is 296 g/mol. The van der Waals surface area contributed by atoms with Crippen LogP contribution < -0.4 is 5.73 Å². The molecule has 112 valence electrons. The summed E-state index contributed by atoms with van der Waals surface area (Å²) in [4.78, 5) is 2.50. The first-order valence-corrected chi connectivity index (χ1v) is 7.94. The Kier molecular flexibility index (Phi) is 6.30. The molecule has 2 rings (SSSR count). The molecule has 1 saturated carbocycles. The van der Waals surface area contributed by atoms with Gasteiger partial charge in [0.1, 0.15) is 0 Å². The Morgan fingerprint density at radius 1 is 1.25 bits per heavy atom. The molecule has 1 aliphatic carbocycles. The molecule has 1 unspecified atom stereocenters. The number of halogens is 1. The van der Waals surface area contributed by atoms with Crippen LogP contribution in [-0.2, 0) is 0 Å². The van der Waals surface area contributed by atoms with Gasteiger partial charge in [0, 0.05) is 36.8 Å². The van der Waals surface area contributed by atoms with Crippen molar-refractivity contribution in [2.45, 2.75) is 44.2 Å². The van der Waals surface area contributed by atoms with E-state index in [0.29, 0.717) is 6.04 Å². The third-order valence-corrected chi connectivity index (χ3v) is 4.47. The van der Waals surface area contributed by atoms with E-state index >= 15 is 0 Å². The molecule has 0 heterocycles. The van der Waals surface area contributed by atoms with E-state index in [9.17, 15) is 0 Å². The maximum atomic E-state index is 9.01. The number of benzene rings is 1. The molecule has 4 heteroatoms. The van der Waals surface area contributed by atoms with E-state index in [4.69, 9.17) is 22.4 Å². The zero-order chi connectivity index (χ0) is 14.4. The molecular weight excluding hydrogens is 272 g/mol. The first kappa shape index (κ1) is 15.8. The van der Waals surface area contributed by atoms with E-state index in [1.807, 2.05) is 24.3 Å². The molecule has 0 spiro atoms. The van der Waals surface area contributed by atoms with Crippen LogP contribution in [0, 0.1) is 0 Å². The summed E-state index contributed by atoms with van der Waals surface area (Å²) in [7, 11) is 0. The Morgan fingerprint density at radius 3 is 2.50 bits per heavy atom. The minimum absolute atomic E-state index is 0.0592. The predicted octanol–water partition coefficient (Wildman–Crippen LogP) is 2.97. The van der Waals surface area contributed by atoms with Gasteiger partial charge in [-0.05, 0) is 43.4 Å². The van der Waals surface area contributed by atoms with E-state index in [0.717, 1.165) is 36.5 Å². The fraction of sp³-hybridized carbons (Fsp3) is 0.625. The van der Waals surface area contributed by atoms with Gasteiger partial charge < -0.3 is 15.7 Å². The topological polar surface area (TPSA) is 49.5 Å². The molecular formula is C16H25ClN2O. The van der Waals surface area contributed by atoms with E-state index in [2.05, 4.69) is 4.90 Å². The van der Waals surface area contributed by atoms with E-state index in [1.165, 1.54) is 19.3 Å². The van der Waals surface area contributed by atoms with Crippen LogP contribution >= 0.6 is 11.6 Å². The van der Waals surface area contributed by atoms with Crippen molar-refractivity contribution in [1.29, 1.82) is 0 Å². The third-order valence-electron chi connectivity index (χ3n) is 4.22. The summed E-state index contributed by atoms with van der Waals surface area (Å²) in [5, 5.41) is 9.76. The highest BCUT2D eigenvalue weighted by Gasteiger charge is 2.24. The first-order valence-electron chi connectivity index (χ1n) is 7.56. The van der Waals surface area contributed by atoms with Gasteiger partial charge in [0.2, 0.25) is 0 Å². The second-order valence-corrected chi connectivity index (χ2v) is 6.08. The normalized spacial score (nSPS) is 17.2. The molecule has 0 bridgehead atoms. The fourth-order valence-electron chi connectivity index (χ4n) is 2.68. The molecule has 3 nitrogen and oxygen atoms in total. The zero-order valence-corrected chi connectivity index (χ0v) is 12.7. The summed E-state index contributed by atoms with van der Waals surface area (Å²) in [5.74, 6) is 0. The van der Waals surface area contributed by atoms with Gasteiger partial charge in [0.05, 0.1) is 0 Å². The lowest BCUT2D eigenvalue weighted by atomic mass is 9.91. The lowest BCUT2D eigenvalue weighted by Gasteiger charge is -2.38. The molecule has 0 aliphatic heterocycles. The summed E-state index contributed by atoms with van der Waals surface area (Å²) in [6.45, 7) is 2.26. The molecule has 3 N–H and O–H groups in total. The third kappa shape index (κ3) is 4.45. The van der Waals surface area contributed by atoms with Crippen molar-refractivity contribution in [2.24, 2.45) is 5.73 Å². The summed E-state index contributed by atoms with van der Waals surface area (Å²) < 4.78 is 0. The highest BCUT2D eigenvalue weighted by molar-refractivity contribution is 6.30. The number of aliphatic hydroxyl groups excluding tert-OH is 1. The Morgan fingerprint density at radius 2 is 1.95 bits per heavy atom. The molecule has 0 amide bonds. The molecule has 1 aliphatic rings. The predicted molar refractivity (Wildman–Crippen MR) is 83.9 cm³/mol. The number of hydrogen-bond acceptors (Lipinski definition) is 3. The minimum Gasteiger partial charge on any atom is -0.396 e. The van der Waals surface area contributed by atoms with Crippen LogP contribution in [0.1, 0.15) is 43.7 Å². The highest BCUT2D eigenvalue weighted by atomic mass is 35.5. The smallest absolute Gasteiger partial charge is 0.0443 e. The quantitative estimate of drug-likeness (QED) is 0.775. The van der Waals surface area contributed by atoms with E-state index < -0.39 is 0 Å². The lowest BCUT2D eigenvalue weighted by molar-refractivity contribution is 0.113. The van der Waals surface area contributed by atoms with Gasteiger partial charge in [-0.2, -0.15) is 0 Å². The molecule has 0 saturated heterocycles. The van der Waals surface area contributed by atoms with Crippen LogP contribution in [0.4, 0.5) is 0 Å². The molecule has 1 atom stereocenters. The average Bonchev–Trinajstić information content (AvgIpc) is 2.40. The number of rotatable bonds is 8.